The number of carbonyl (C=O) groups is 1. The Morgan fingerprint density at radius 2 is 2.06 bits per heavy atom. The summed E-state index contributed by atoms with van der Waals surface area (Å²) in [6.07, 6.45) is 8.67. The van der Waals surface area contributed by atoms with E-state index in [1.165, 1.54) is 19.3 Å². The predicted molar refractivity (Wildman–Crippen MR) is 60.2 cm³/mol. The van der Waals surface area contributed by atoms with Crippen LogP contribution in [-0.4, -0.2) is 28.8 Å². The summed E-state index contributed by atoms with van der Waals surface area (Å²) in [5.74, 6) is -0.923. The van der Waals surface area contributed by atoms with Crippen molar-refractivity contribution in [2.45, 2.75) is 69.1 Å². The van der Waals surface area contributed by atoms with Crippen molar-refractivity contribution in [1.82, 2.24) is 0 Å². The lowest BCUT2D eigenvalue weighted by molar-refractivity contribution is -0.140. The SMILES string of the molecule is NC(CC1CCC2(CCCCC2)O1)C(=O)O. The molecular weight excluding hydrogens is 206 g/mol. The van der Waals surface area contributed by atoms with Gasteiger partial charge in [-0.3, -0.25) is 4.79 Å². The summed E-state index contributed by atoms with van der Waals surface area (Å²) in [4.78, 5) is 10.7. The zero-order chi connectivity index (χ0) is 11.6. The summed E-state index contributed by atoms with van der Waals surface area (Å²) >= 11 is 0. The standard InChI is InChI=1S/C12H21NO3/c13-10(11(14)15)8-9-4-7-12(16-9)5-2-1-3-6-12/h9-10H,1-8,13H2,(H,14,15). The van der Waals surface area contributed by atoms with Gasteiger partial charge in [0.25, 0.3) is 0 Å². The maximum Gasteiger partial charge on any atom is 0.320 e. The summed E-state index contributed by atoms with van der Waals surface area (Å²) in [5, 5.41) is 8.76. The molecule has 1 spiro atoms. The Hall–Kier alpha value is -0.610. The summed E-state index contributed by atoms with van der Waals surface area (Å²) < 4.78 is 6.07. The van der Waals surface area contributed by atoms with Crippen LogP contribution < -0.4 is 5.73 Å². The molecule has 1 saturated carbocycles. The summed E-state index contributed by atoms with van der Waals surface area (Å²) in [6.45, 7) is 0. The van der Waals surface area contributed by atoms with E-state index in [-0.39, 0.29) is 11.7 Å². The average Bonchev–Trinajstić information content (AvgIpc) is 2.62. The van der Waals surface area contributed by atoms with E-state index in [1.807, 2.05) is 0 Å². The van der Waals surface area contributed by atoms with Gasteiger partial charge in [0.05, 0.1) is 11.7 Å². The first-order valence-corrected chi connectivity index (χ1v) is 6.27. The van der Waals surface area contributed by atoms with Crippen LogP contribution in [0.25, 0.3) is 0 Å². The third kappa shape index (κ3) is 2.55. The molecule has 1 saturated heterocycles. The fraction of sp³-hybridized carbons (Fsp3) is 0.917. The number of ether oxygens (including phenoxy) is 1. The number of carboxylic acids is 1. The highest BCUT2D eigenvalue weighted by Gasteiger charge is 2.41. The van der Waals surface area contributed by atoms with E-state index in [0.29, 0.717) is 6.42 Å². The highest BCUT2D eigenvalue weighted by atomic mass is 16.5. The quantitative estimate of drug-likeness (QED) is 0.769. The van der Waals surface area contributed by atoms with Crippen molar-refractivity contribution >= 4 is 5.97 Å². The molecule has 16 heavy (non-hydrogen) atoms. The van der Waals surface area contributed by atoms with E-state index in [4.69, 9.17) is 15.6 Å². The van der Waals surface area contributed by atoms with E-state index in [0.717, 1.165) is 25.7 Å². The Labute approximate surface area is 96.2 Å². The molecule has 92 valence electrons. The Morgan fingerprint density at radius 3 is 2.69 bits per heavy atom. The highest BCUT2D eigenvalue weighted by molar-refractivity contribution is 5.73. The number of rotatable bonds is 3. The molecule has 3 N–H and O–H groups in total. The largest absolute Gasteiger partial charge is 0.480 e. The van der Waals surface area contributed by atoms with Gasteiger partial charge in [0.1, 0.15) is 6.04 Å². The molecule has 2 unspecified atom stereocenters. The van der Waals surface area contributed by atoms with Crippen LogP contribution in [0.2, 0.25) is 0 Å². The van der Waals surface area contributed by atoms with Crippen molar-refractivity contribution in [3.63, 3.8) is 0 Å². The number of hydrogen-bond donors (Lipinski definition) is 2. The third-order valence-corrected chi connectivity index (χ3v) is 3.94. The van der Waals surface area contributed by atoms with Gasteiger partial charge in [-0.15, -0.1) is 0 Å². The van der Waals surface area contributed by atoms with Gasteiger partial charge in [0.15, 0.2) is 0 Å². The van der Waals surface area contributed by atoms with Crippen LogP contribution in [0.3, 0.4) is 0 Å². The molecule has 0 bridgehead atoms. The topological polar surface area (TPSA) is 72.5 Å². The van der Waals surface area contributed by atoms with Crippen LogP contribution in [0.4, 0.5) is 0 Å². The third-order valence-electron chi connectivity index (χ3n) is 3.94. The van der Waals surface area contributed by atoms with Crippen LogP contribution >= 0.6 is 0 Å². The molecule has 1 aliphatic heterocycles. The summed E-state index contributed by atoms with van der Waals surface area (Å²) in [5.41, 5.74) is 5.61. The van der Waals surface area contributed by atoms with E-state index >= 15 is 0 Å². The molecule has 0 aromatic carbocycles. The molecule has 1 aliphatic carbocycles. The van der Waals surface area contributed by atoms with Gasteiger partial charge in [0, 0.05) is 0 Å². The first-order valence-electron chi connectivity index (χ1n) is 6.27. The Kier molecular flexibility index (Phi) is 3.50. The van der Waals surface area contributed by atoms with E-state index in [9.17, 15) is 4.79 Å². The number of nitrogens with two attached hydrogens (primary N) is 1. The lowest BCUT2D eigenvalue weighted by atomic mass is 9.83. The Bertz CT molecular complexity index is 261. The van der Waals surface area contributed by atoms with E-state index < -0.39 is 12.0 Å². The minimum absolute atomic E-state index is 0.0594. The molecule has 0 aromatic rings. The van der Waals surface area contributed by atoms with Crippen molar-refractivity contribution in [2.24, 2.45) is 5.73 Å². The van der Waals surface area contributed by atoms with Gasteiger partial charge >= 0.3 is 5.97 Å². The summed E-state index contributed by atoms with van der Waals surface area (Å²) in [7, 11) is 0. The van der Waals surface area contributed by atoms with Crippen molar-refractivity contribution in [3.8, 4) is 0 Å². The molecule has 2 aliphatic rings. The second kappa shape index (κ2) is 4.72. The van der Waals surface area contributed by atoms with Crippen LogP contribution in [0, 0.1) is 0 Å². The molecule has 2 atom stereocenters. The maximum absolute atomic E-state index is 10.7. The van der Waals surface area contributed by atoms with Gasteiger partial charge in [-0.25, -0.2) is 0 Å². The fourth-order valence-corrected chi connectivity index (χ4v) is 3.01. The van der Waals surface area contributed by atoms with E-state index in [1.54, 1.807) is 0 Å². The summed E-state index contributed by atoms with van der Waals surface area (Å²) in [6, 6.07) is -0.774. The van der Waals surface area contributed by atoms with Crippen LogP contribution in [0.1, 0.15) is 51.4 Å². The first kappa shape index (κ1) is 11.9. The average molecular weight is 227 g/mol. The molecule has 2 fully saturated rings. The molecule has 2 rings (SSSR count). The second-order valence-electron chi connectivity index (χ2n) is 5.20. The van der Waals surface area contributed by atoms with Crippen molar-refractivity contribution in [1.29, 1.82) is 0 Å². The highest BCUT2D eigenvalue weighted by Crippen LogP contribution is 2.42. The van der Waals surface area contributed by atoms with Crippen LogP contribution in [0.15, 0.2) is 0 Å². The van der Waals surface area contributed by atoms with E-state index in [2.05, 4.69) is 0 Å². The monoisotopic (exact) mass is 227 g/mol. The normalized spacial score (nSPS) is 30.4. The van der Waals surface area contributed by atoms with Gasteiger partial charge in [-0.05, 0) is 32.1 Å². The smallest absolute Gasteiger partial charge is 0.320 e. The molecule has 0 aromatic heterocycles. The number of carboxylic acid groups (broad SMARTS) is 1. The minimum Gasteiger partial charge on any atom is -0.480 e. The lowest BCUT2D eigenvalue weighted by Crippen LogP contribution is -2.36. The minimum atomic E-state index is -0.923. The predicted octanol–water partition coefficient (Wildman–Crippen LogP) is 1.67. The van der Waals surface area contributed by atoms with Crippen molar-refractivity contribution in [2.75, 3.05) is 0 Å². The molecule has 4 nitrogen and oxygen atoms in total. The van der Waals surface area contributed by atoms with Gasteiger partial charge < -0.3 is 15.6 Å². The van der Waals surface area contributed by atoms with Crippen molar-refractivity contribution in [3.05, 3.63) is 0 Å². The van der Waals surface area contributed by atoms with Gasteiger partial charge in [0.2, 0.25) is 0 Å². The molecule has 1 heterocycles. The van der Waals surface area contributed by atoms with Crippen LogP contribution in [0.5, 0.6) is 0 Å². The van der Waals surface area contributed by atoms with Gasteiger partial charge in [-0.1, -0.05) is 19.3 Å². The zero-order valence-electron chi connectivity index (χ0n) is 9.65. The number of aliphatic carboxylic acids is 1. The van der Waals surface area contributed by atoms with Crippen LogP contribution in [-0.2, 0) is 9.53 Å². The second-order valence-corrected chi connectivity index (χ2v) is 5.20. The van der Waals surface area contributed by atoms with Crippen molar-refractivity contribution < 1.29 is 14.6 Å². The lowest BCUT2D eigenvalue weighted by Gasteiger charge is -2.33. The Morgan fingerprint density at radius 1 is 1.38 bits per heavy atom. The fourth-order valence-electron chi connectivity index (χ4n) is 3.01. The molecular formula is C12H21NO3. The molecule has 0 amide bonds. The first-order chi connectivity index (χ1) is 7.61. The maximum atomic E-state index is 10.7. The molecule has 4 heteroatoms. The zero-order valence-corrected chi connectivity index (χ0v) is 9.65. The van der Waals surface area contributed by atoms with Gasteiger partial charge in [-0.2, -0.15) is 0 Å². The number of hydrogen-bond acceptors (Lipinski definition) is 3. The Balaban J connectivity index is 1.85. The molecule has 0 radical (unpaired) electrons.